The van der Waals surface area contributed by atoms with Crippen LogP contribution in [0.5, 0.6) is 0 Å². The van der Waals surface area contributed by atoms with Gasteiger partial charge in [-0.15, -0.1) is 0 Å². The summed E-state index contributed by atoms with van der Waals surface area (Å²) < 4.78 is 0. The Morgan fingerprint density at radius 1 is 0.825 bits per heavy atom. The van der Waals surface area contributed by atoms with Gasteiger partial charge in [0.1, 0.15) is 18.1 Å². The summed E-state index contributed by atoms with van der Waals surface area (Å²) in [5, 5.41) is 26.1. The standard InChI is InChI=1S/C28H43N5O7/c29-14-8-7-13-20(30)25(36)31-21(15-18-9-3-1-4-10-18)26(37)32-22(16-19-11-5-2-6-12-19)27(38)33-23(28(39)40)17-24(34)35/h2,5-6,11-12,18,20-23H,1,3-4,7-10,13-17,29-30H2,(H,31,36)(H,32,37)(H,33,38)(H,34,35)(H,39,40)/t20-,21+,22+,23+/m1/s1. The van der Waals surface area contributed by atoms with Crippen LogP contribution < -0.4 is 27.4 Å². The molecule has 0 radical (unpaired) electrons. The number of carboxylic acids is 2. The predicted molar refractivity (Wildman–Crippen MR) is 148 cm³/mol. The number of amides is 3. The summed E-state index contributed by atoms with van der Waals surface area (Å²) in [5.41, 5.74) is 12.3. The van der Waals surface area contributed by atoms with Gasteiger partial charge >= 0.3 is 11.9 Å². The third-order valence-corrected chi connectivity index (χ3v) is 7.14. The summed E-state index contributed by atoms with van der Waals surface area (Å²) in [7, 11) is 0. The van der Waals surface area contributed by atoms with Gasteiger partial charge in [0.25, 0.3) is 0 Å². The van der Waals surface area contributed by atoms with Crippen LogP contribution >= 0.6 is 0 Å². The van der Waals surface area contributed by atoms with Gasteiger partial charge in [0, 0.05) is 6.42 Å². The van der Waals surface area contributed by atoms with Crippen molar-refractivity contribution in [2.75, 3.05) is 6.54 Å². The molecule has 12 nitrogen and oxygen atoms in total. The SMILES string of the molecule is NCCCC[C@@H](N)C(=O)N[C@@H](CC1CCCCC1)C(=O)N[C@@H](Cc1ccccc1)C(=O)N[C@@H](CC(=O)O)C(=O)O. The molecule has 0 bridgehead atoms. The molecule has 12 heteroatoms. The van der Waals surface area contributed by atoms with Gasteiger partial charge in [-0.3, -0.25) is 19.2 Å². The highest BCUT2D eigenvalue weighted by Gasteiger charge is 2.32. The Morgan fingerprint density at radius 2 is 1.43 bits per heavy atom. The van der Waals surface area contributed by atoms with Gasteiger partial charge in [-0.2, -0.15) is 0 Å². The number of carbonyl (C=O) groups is 5. The van der Waals surface area contributed by atoms with E-state index in [9.17, 15) is 29.1 Å². The maximum absolute atomic E-state index is 13.6. The average Bonchev–Trinajstić information content (AvgIpc) is 2.92. The quantitative estimate of drug-likeness (QED) is 0.133. The van der Waals surface area contributed by atoms with Crippen molar-refractivity contribution in [3.8, 4) is 0 Å². The molecule has 1 aliphatic carbocycles. The molecule has 1 aromatic rings. The Labute approximate surface area is 234 Å². The van der Waals surface area contributed by atoms with Crippen molar-refractivity contribution >= 4 is 29.7 Å². The molecule has 0 heterocycles. The zero-order valence-corrected chi connectivity index (χ0v) is 22.8. The molecule has 0 aromatic heterocycles. The van der Waals surface area contributed by atoms with Crippen LogP contribution in [-0.2, 0) is 30.4 Å². The van der Waals surface area contributed by atoms with E-state index in [0.717, 1.165) is 38.5 Å². The summed E-state index contributed by atoms with van der Waals surface area (Å²) in [6.07, 6.45) is 6.42. The fourth-order valence-corrected chi connectivity index (χ4v) is 4.88. The summed E-state index contributed by atoms with van der Waals surface area (Å²) in [6.45, 7) is 0.487. The molecule has 0 aliphatic heterocycles. The fourth-order valence-electron chi connectivity index (χ4n) is 4.88. The largest absolute Gasteiger partial charge is 0.481 e. The maximum atomic E-state index is 13.6. The smallest absolute Gasteiger partial charge is 0.326 e. The number of aliphatic carboxylic acids is 2. The van der Waals surface area contributed by atoms with Crippen LogP contribution in [0.4, 0.5) is 0 Å². The van der Waals surface area contributed by atoms with E-state index in [1.807, 2.05) is 0 Å². The molecule has 1 fully saturated rings. The van der Waals surface area contributed by atoms with Gasteiger partial charge in [-0.05, 0) is 37.3 Å². The number of unbranched alkanes of at least 4 members (excludes halogenated alkanes) is 1. The van der Waals surface area contributed by atoms with E-state index in [4.69, 9.17) is 16.6 Å². The van der Waals surface area contributed by atoms with Crippen molar-refractivity contribution in [2.45, 2.75) is 94.8 Å². The number of nitrogens with one attached hydrogen (secondary N) is 3. The first-order valence-corrected chi connectivity index (χ1v) is 14.0. The second-order valence-corrected chi connectivity index (χ2v) is 10.4. The van der Waals surface area contributed by atoms with E-state index in [2.05, 4.69) is 16.0 Å². The monoisotopic (exact) mass is 561 g/mol. The first-order chi connectivity index (χ1) is 19.1. The van der Waals surface area contributed by atoms with Crippen LogP contribution in [-0.4, -0.2) is 70.6 Å². The van der Waals surface area contributed by atoms with Gasteiger partial charge in [-0.25, -0.2) is 4.79 Å². The minimum absolute atomic E-state index is 0.0283. The molecule has 2 rings (SSSR count). The second-order valence-electron chi connectivity index (χ2n) is 10.4. The van der Waals surface area contributed by atoms with Crippen molar-refractivity contribution < 1.29 is 34.2 Å². The van der Waals surface area contributed by atoms with Gasteiger partial charge in [0.15, 0.2) is 0 Å². The molecule has 1 saturated carbocycles. The Kier molecular flexibility index (Phi) is 14.1. The van der Waals surface area contributed by atoms with E-state index in [0.29, 0.717) is 31.4 Å². The molecule has 0 saturated heterocycles. The predicted octanol–water partition coefficient (Wildman–Crippen LogP) is 0.670. The normalized spacial score (nSPS) is 16.6. The zero-order valence-electron chi connectivity index (χ0n) is 22.8. The highest BCUT2D eigenvalue weighted by Crippen LogP contribution is 2.27. The summed E-state index contributed by atoms with van der Waals surface area (Å²) >= 11 is 0. The van der Waals surface area contributed by atoms with Gasteiger partial charge in [-0.1, -0.05) is 68.9 Å². The molecule has 1 aliphatic rings. The van der Waals surface area contributed by atoms with Crippen LogP contribution in [0.25, 0.3) is 0 Å². The molecular weight excluding hydrogens is 518 g/mol. The van der Waals surface area contributed by atoms with Gasteiger partial charge in [0.05, 0.1) is 12.5 Å². The van der Waals surface area contributed by atoms with E-state index < -0.39 is 60.2 Å². The first kappa shape index (κ1) is 32.7. The molecule has 0 unspecified atom stereocenters. The average molecular weight is 562 g/mol. The summed E-state index contributed by atoms with van der Waals surface area (Å²) in [6, 6.07) is 4.15. The van der Waals surface area contributed by atoms with Crippen molar-refractivity contribution in [2.24, 2.45) is 17.4 Å². The number of rotatable bonds is 17. The van der Waals surface area contributed by atoms with Gasteiger partial charge < -0.3 is 37.6 Å². The maximum Gasteiger partial charge on any atom is 0.326 e. The van der Waals surface area contributed by atoms with E-state index in [1.165, 1.54) is 0 Å². The van der Waals surface area contributed by atoms with E-state index >= 15 is 0 Å². The minimum atomic E-state index is -1.68. The lowest BCUT2D eigenvalue weighted by molar-refractivity contribution is -0.147. The molecule has 40 heavy (non-hydrogen) atoms. The minimum Gasteiger partial charge on any atom is -0.481 e. The number of carboxylic acid groups (broad SMARTS) is 2. The molecule has 4 atom stereocenters. The van der Waals surface area contributed by atoms with Crippen LogP contribution in [0.1, 0.15) is 69.8 Å². The van der Waals surface area contributed by atoms with Crippen LogP contribution in [0.3, 0.4) is 0 Å². The number of hydrogen-bond acceptors (Lipinski definition) is 7. The molecule has 1 aromatic carbocycles. The van der Waals surface area contributed by atoms with Gasteiger partial charge in [0.2, 0.25) is 17.7 Å². The highest BCUT2D eigenvalue weighted by atomic mass is 16.4. The third kappa shape index (κ3) is 11.7. The molecule has 222 valence electrons. The number of nitrogens with two attached hydrogens (primary N) is 2. The number of benzene rings is 1. The second kappa shape index (κ2) is 17.2. The third-order valence-electron chi connectivity index (χ3n) is 7.14. The lowest BCUT2D eigenvalue weighted by atomic mass is 9.84. The molecule has 3 amide bonds. The van der Waals surface area contributed by atoms with Crippen molar-refractivity contribution in [1.82, 2.24) is 16.0 Å². The Hall–Kier alpha value is -3.51. The molecular formula is C28H43N5O7. The summed E-state index contributed by atoms with van der Waals surface area (Å²) in [5.74, 6) is -4.58. The van der Waals surface area contributed by atoms with Crippen molar-refractivity contribution in [3.05, 3.63) is 35.9 Å². The van der Waals surface area contributed by atoms with Crippen molar-refractivity contribution in [3.63, 3.8) is 0 Å². The Morgan fingerprint density at radius 3 is 2.02 bits per heavy atom. The van der Waals surface area contributed by atoms with Crippen LogP contribution in [0, 0.1) is 5.92 Å². The van der Waals surface area contributed by atoms with E-state index in [-0.39, 0.29) is 12.3 Å². The Balaban J connectivity index is 2.23. The number of carbonyl (C=O) groups excluding carboxylic acids is 3. The first-order valence-electron chi connectivity index (χ1n) is 14.0. The van der Waals surface area contributed by atoms with E-state index in [1.54, 1.807) is 30.3 Å². The fraction of sp³-hybridized carbons (Fsp3) is 0.607. The topological polar surface area (TPSA) is 214 Å². The lowest BCUT2D eigenvalue weighted by Gasteiger charge is -2.29. The zero-order chi connectivity index (χ0) is 29.5. The highest BCUT2D eigenvalue weighted by molar-refractivity contribution is 5.94. The van der Waals surface area contributed by atoms with Crippen LogP contribution in [0.15, 0.2) is 30.3 Å². The van der Waals surface area contributed by atoms with Crippen LogP contribution in [0.2, 0.25) is 0 Å². The molecule has 9 N–H and O–H groups in total. The molecule has 0 spiro atoms. The van der Waals surface area contributed by atoms with Crippen molar-refractivity contribution in [1.29, 1.82) is 0 Å². The Bertz CT molecular complexity index is 985. The lowest BCUT2D eigenvalue weighted by Crippen LogP contribution is -2.58. The number of hydrogen-bond donors (Lipinski definition) is 7. The summed E-state index contributed by atoms with van der Waals surface area (Å²) in [4.78, 5) is 62.3.